The van der Waals surface area contributed by atoms with E-state index in [1.165, 1.54) is 43.2 Å². The summed E-state index contributed by atoms with van der Waals surface area (Å²) in [6.07, 6.45) is 10.4. The maximum absolute atomic E-state index is 12.1. The Labute approximate surface area is 97.3 Å². The van der Waals surface area contributed by atoms with Gasteiger partial charge in [-0.05, 0) is 43.7 Å². The molecule has 1 aliphatic rings. The van der Waals surface area contributed by atoms with E-state index in [4.69, 9.17) is 0 Å². The smallest absolute Gasteiger partial charge is 0.253 e. The molecule has 2 rings (SSSR count). The summed E-state index contributed by atoms with van der Waals surface area (Å²) in [5, 5.41) is 0. The molecule has 2 heteroatoms. The molecule has 0 unspecified atom stereocenters. The van der Waals surface area contributed by atoms with Crippen molar-refractivity contribution < 1.29 is 0 Å². The van der Waals surface area contributed by atoms with E-state index in [1.54, 1.807) is 4.57 Å². The molecule has 0 bridgehead atoms. The van der Waals surface area contributed by atoms with Crippen molar-refractivity contribution in [2.45, 2.75) is 51.9 Å². The Kier molecular flexibility index (Phi) is 3.47. The molecule has 2 nitrogen and oxygen atoms in total. The van der Waals surface area contributed by atoms with Crippen LogP contribution in [0, 0.1) is 6.92 Å². The second-order valence-corrected chi connectivity index (χ2v) is 4.95. The standard InChI is InChI=1S/C14H21NO/c1-11-10-15(2)14(16)13-9-7-5-3-4-6-8-12(11)13/h10H,3-9H2,1-2H3. The zero-order valence-corrected chi connectivity index (χ0v) is 10.4. The van der Waals surface area contributed by atoms with Crippen LogP contribution < -0.4 is 5.56 Å². The van der Waals surface area contributed by atoms with E-state index in [-0.39, 0.29) is 5.56 Å². The highest BCUT2D eigenvalue weighted by Gasteiger charge is 2.13. The summed E-state index contributed by atoms with van der Waals surface area (Å²) in [5.74, 6) is 0. The SMILES string of the molecule is Cc1cn(C)c(=O)c2c1CCCCCCC2. The zero-order chi connectivity index (χ0) is 11.5. The van der Waals surface area contributed by atoms with Gasteiger partial charge in [0.05, 0.1) is 0 Å². The molecule has 0 saturated carbocycles. The van der Waals surface area contributed by atoms with Gasteiger partial charge < -0.3 is 4.57 Å². The molecule has 0 aromatic carbocycles. The zero-order valence-electron chi connectivity index (χ0n) is 10.4. The average Bonchev–Trinajstić information content (AvgIpc) is 2.37. The van der Waals surface area contributed by atoms with E-state index in [9.17, 15) is 4.79 Å². The molecule has 0 saturated heterocycles. The molecule has 1 aliphatic carbocycles. The van der Waals surface area contributed by atoms with E-state index in [0.717, 1.165) is 18.4 Å². The largest absolute Gasteiger partial charge is 0.318 e. The topological polar surface area (TPSA) is 22.0 Å². The molecule has 0 N–H and O–H groups in total. The summed E-state index contributed by atoms with van der Waals surface area (Å²) in [6, 6.07) is 0. The van der Waals surface area contributed by atoms with Crippen LogP contribution in [0.15, 0.2) is 11.0 Å². The minimum absolute atomic E-state index is 0.225. The second kappa shape index (κ2) is 4.86. The molecular weight excluding hydrogens is 198 g/mol. The molecular formula is C14H21NO. The first-order valence-corrected chi connectivity index (χ1v) is 6.38. The Balaban J connectivity index is 2.48. The number of hydrogen-bond donors (Lipinski definition) is 0. The maximum atomic E-state index is 12.1. The molecule has 1 aromatic heterocycles. The molecule has 0 radical (unpaired) electrons. The molecule has 16 heavy (non-hydrogen) atoms. The van der Waals surface area contributed by atoms with Crippen molar-refractivity contribution in [2.24, 2.45) is 7.05 Å². The van der Waals surface area contributed by atoms with Crippen LogP contribution in [0.2, 0.25) is 0 Å². The van der Waals surface area contributed by atoms with Gasteiger partial charge in [-0.25, -0.2) is 0 Å². The predicted octanol–water partition coefficient (Wildman–Crippen LogP) is 2.74. The van der Waals surface area contributed by atoms with Gasteiger partial charge in [0, 0.05) is 18.8 Å². The third-order valence-corrected chi connectivity index (χ3v) is 3.66. The lowest BCUT2D eigenvalue weighted by Crippen LogP contribution is -2.23. The van der Waals surface area contributed by atoms with E-state index in [1.807, 2.05) is 13.2 Å². The lowest BCUT2D eigenvalue weighted by Gasteiger charge is -2.12. The quantitative estimate of drug-likeness (QED) is 0.657. The third kappa shape index (κ3) is 2.21. The van der Waals surface area contributed by atoms with E-state index in [2.05, 4.69) is 6.92 Å². The van der Waals surface area contributed by atoms with Crippen molar-refractivity contribution >= 4 is 0 Å². The molecule has 0 aliphatic heterocycles. The minimum atomic E-state index is 0.225. The van der Waals surface area contributed by atoms with Crippen LogP contribution in [0.1, 0.15) is 48.8 Å². The van der Waals surface area contributed by atoms with Crippen LogP contribution >= 0.6 is 0 Å². The van der Waals surface area contributed by atoms with E-state index in [0.29, 0.717) is 0 Å². The lowest BCUT2D eigenvalue weighted by molar-refractivity contribution is 0.628. The van der Waals surface area contributed by atoms with Gasteiger partial charge in [0.15, 0.2) is 0 Å². The third-order valence-electron chi connectivity index (χ3n) is 3.66. The number of aryl methyl sites for hydroxylation is 2. The van der Waals surface area contributed by atoms with Crippen LogP contribution in [-0.2, 0) is 19.9 Å². The van der Waals surface area contributed by atoms with Gasteiger partial charge in [0.2, 0.25) is 0 Å². The highest BCUT2D eigenvalue weighted by molar-refractivity contribution is 5.32. The van der Waals surface area contributed by atoms with Gasteiger partial charge in [-0.3, -0.25) is 4.79 Å². The number of fused-ring (bicyclic) bond motifs is 1. The number of nitrogens with zero attached hydrogens (tertiary/aromatic N) is 1. The highest BCUT2D eigenvalue weighted by Crippen LogP contribution is 2.19. The molecule has 0 spiro atoms. The first-order chi connectivity index (χ1) is 7.70. The number of aromatic nitrogens is 1. The summed E-state index contributed by atoms with van der Waals surface area (Å²) in [6.45, 7) is 2.14. The molecule has 88 valence electrons. The summed E-state index contributed by atoms with van der Waals surface area (Å²) in [4.78, 5) is 12.1. The second-order valence-electron chi connectivity index (χ2n) is 4.95. The Morgan fingerprint density at radius 1 is 1.00 bits per heavy atom. The fourth-order valence-electron chi connectivity index (χ4n) is 2.75. The molecule has 0 fully saturated rings. The minimum Gasteiger partial charge on any atom is -0.318 e. The van der Waals surface area contributed by atoms with Crippen molar-refractivity contribution in [3.05, 3.63) is 33.2 Å². The highest BCUT2D eigenvalue weighted by atomic mass is 16.1. The Morgan fingerprint density at radius 3 is 2.25 bits per heavy atom. The lowest BCUT2D eigenvalue weighted by atomic mass is 9.97. The van der Waals surface area contributed by atoms with Gasteiger partial charge in [-0.2, -0.15) is 0 Å². The maximum Gasteiger partial charge on any atom is 0.253 e. The Bertz CT molecular complexity index is 431. The van der Waals surface area contributed by atoms with Crippen molar-refractivity contribution in [3.63, 3.8) is 0 Å². The van der Waals surface area contributed by atoms with Crippen LogP contribution in [0.4, 0.5) is 0 Å². The monoisotopic (exact) mass is 219 g/mol. The fraction of sp³-hybridized carbons (Fsp3) is 0.643. The normalized spacial score (nSPS) is 17.1. The predicted molar refractivity (Wildman–Crippen MR) is 66.9 cm³/mol. The Morgan fingerprint density at radius 2 is 1.56 bits per heavy atom. The van der Waals surface area contributed by atoms with Crippen molar-refractivity contribution in [2.75, 3.05) is 0 Å². The Hall–Kier alpha value is -1.05. The molecule has 1 heterocycles. The summed E-state index contributed by atoms with van der Waals surface area (Å²) < 4.78 is 1.74. The molecule has 0 atom stereocenters. The van der Waals surface area contributed by atoms with Gasteiger partial charge in [-0.1, -0.05) is 19.3 Å². The van der Waals surface area contributed by atoms with Crippen molar-refractivity contribution in [1.29, 1.82) is 0 Å². The van der Waals surface area contributed by atoms with Crippen molar-refractivity contribution in [1.82, 2.24) is 4.57 Å². The average molecular weight is 219 g/mol. The fourth-order valence-corrected chi connectivity index (χ4v) is 2.75. The molecule has 0 amide bonds. The van der Waals surface area contributed by atoms with Crippen LogP contribution in [0.25, 0.3) is 0 Å². The number of hydrogen-bond acceptors (Lipinski definition) is 1. The van der Waals surface area contributed by atoms with Gasteiger partial charge in [0.25, 0.3) is 5.56 Å². The van der Waals surface area contributed by atoms with Crippen LogP contribution in [-0.4, -0.2) is 4.57 Å². The van der Waals surface area contributed by atoms with Crippen LogP contribution in [0.3, 0.4) is 0 Å². The van der Waals surface area contributed by atoms with E-state index >= 15 is 0 Å². The summed E-state index contributed by atoms with van der Waals surface area (Å²) in [5.41, 5.74) is 3.94. The summed E-state index contributed by atoms with van der Waals surface area (Å²) >= 11 is 0. The first-order valence-electron chi connectivity index (χ1n) is 6.38. The van der Waals surface area contributed by atoms with Gasteiger partial charge in [0.1, 0.15) is 0 Å². The summed E-state index contributed by atoms with van der Waals surface area (Å²) in [7, 11) is 1.86. The van der Waals surface area contributed by atoms with Crippen LogP contribution in [0.5, 0.6) is 0 Å². The van der Waals surface area contributed by atoms with E-state index < -0.39 is 0 Å². The van der Waals surface area contributed by atoms with Crippen molar-refractivity contribution in [3.8, 4) is 0 Å². The number of rotatable bonds is 0. The first kappa shape index (κ1) is 11.4. The van der Waals surface area contributed by atoms with Gasteiger partial charge in [-0.15, -0.1) is 0 Å². The number of pyridine rings is 1. The molecule has 1 aromatic rings. The van der Waals surface area contributed by atoms with Gasteiger partial charge >= 0.3 is 0 Å².